The zero-order valence-corrected chi connectivity index (χ0v) is 9.85. The Balaban J connectivity index is 2.68. The molecule has 0 saturated carbocycles. The summed E-state index contributed by atoms with van der Waals surface area (Å²) >= 11 is 0. The molecule has 8 heteroatoms. The first kappa shape index (κ1) is 12.8. The van der Waals surface area contributed by atoms with Crippen LogP contribution in [0.2, 0.25) is 0 Å². The maximum Gasteiger partial charge on any atom is 0.228 e. The van der Waals surface area contributed by atoms with Crippen LogP contribution in [0, 0.1) is 0 Å². The predicted molar refractivity (Wildman–Crippen MR) is 58.5 cm³/mol. The van der Waals surface area contributed by atoms with Crippen molar-refractivity contribution in [1.82, 2.24) is 4.90 Å². The molecule has 1 fully saturated rings. The minimum Gasteiger partial charge on any atom is -0.339 e. The van der Waals surface area contributed by atoms with Crippen LogP contribution < -0.4 is 0 Å². The number of nitrogens with zero attached hydrogens (tertiary/aromatic N) is 4. The molecule has 1 atom stereocenters. The van der Waals surface area contributed by atoms with Crippen molar-refractivity contribution in [2.75, 3.05) is 24.6 Å². The van der Waals surface area contributed by atoms with Gasteiger partial charge in [-0.05, 0) is 18.9 Å². The van der Waals surface area contributed by atoms with E-state index in [4.69, 9.17) is 5.53 Å². The minimum atomic E-state index is -3.00. The first-order valence-electron chi connectivity index (χ1n) is 5.01. The molecule has 1 aliphatic heterocycles. The lowest BCUT2D eigenvalue weighted by molar-refractivity contribution is -0.131. The van der Waals surface area contributed by atoms with Gasteiger partial charge < -0.3 is 4.90 Å². The van der Waals surface area contributed by atoms with Gasteiger partial charge in [0.05, 0.1) is 11.5 Å². The molecule has 0 bridgehead atoms. The summed E-state index contributed by atoms with van der Waals surface area (Å²) in [6.45, 7) is 1.96. The van der Waals surface area contributed by atoms with E-state index < -0.39 is 9.84 Å². The van der Waals surface area contributed by atoms with Gasteiger partial charge in [-0.3, -0.25) is 4.79 Å². The van der Waals surface area contributed by atoms with Gasteiger partial charge in [-0.15, -0.1) is 0 Å². The Bertz CT molecular complexity index is 413. The minimum absolute atomic E-state index is 0.0167. The summed E-state index contributed by atoms with van der Waals surface area (Å²) < 4.78 is 22.6. The zero-order chi connectivity index (χ0) is 12.2. The number of rotatable bonds is 4. The Kier molecular flexibility index (Phi) is 4.14. The first-order chi connectivity index (χ1) is 7.50. The molecule has 0 aromatic rings. The molecular weight excluding hydrogens is 232 g/mol. The van der Waals surface area contributed by atoms with Crippen molar-refractivity contribution in [1.29, 1.82) is 0 Å². The summed E-state index contributed by atoms with van der Waals surface area (Å²) in [4.78, 5) is 15.6. The molecule has 0 N–H and O–H groups in total. The molecule has 7 nitrogen and oxygen atoms in total. The SMILES string of the molecule is CCN(C(=O)CN=[N+]=[N-])C1CCS(=O)(=O)C1. The lowest BCUT2D eigenvalue weighted by Gasteiger charge is -2.26. The van der Waals surface area contributed by atoms with Gasteiger partial charge in [0.15, 0.2) is 9.84 Å². The third-order valence-electron chi connectivity index (χ3n) is 2.58. The van der Waals surface area contributed by atoms with Gasteiger partial charge in [-0.25, -0.2) is 8.42 Å². The largest absolute Gasteiger partial charge is 0.339 e. The highest BCUT2D eigenvalue weighted by atomic mass is 32.2. The van der Waals surface area contributed by atoms with Crippen LogP contribution in [0.1, 0.15) is 13.3 Å². The van der Waals surface area contributed by atoms with Crippen molar-refractivity contribution in [2.24, 2.45) is 5.11 Å². The number of hydrogen-bond donors (Lipinski definition) is 0. The van der Waals surface area contributed by atoms with Crippen LogP contribution in [0.4, 0.5) is 0 Å². The average molecular weight is 246 g/mol. The van der Waals surface area contributed by atoms with Crippen LogP contribution >= 0.6 is 0 Å². The van der Waals surface area contributed by atoms with Gasteiger partial charge in [-0.2, -0.15) is 0 Å². The van der Waals surface area contributed by atoms with Crippen LogP contribution in [0.25, 0.3) is 10.4 Å². The van der Waals surface area contributed by atoms with Gasteiger partial charge in [-0.1, -0.05) is 5.11 Å². The van der Waals surface area contributed by atoms with E-state index in [0.717, 1.165) is 0 Å². The Labute approximate surface area is 94.0 Å². The summed E-state index contributed by atoms with van der Waals surface area (Å²) in [7, 11) is -3.00. The Hall–Kier alpha value is -1.27. The molecule has 1 saturated heterocycles. The number of amides is 1. The van der Waals surface area contributed by atoms with Crippen molar-refractivity contribution in [3.05, 3.63) is 10.4 Å². The third kappa shape index (κ3) is 3.11. The van der Waals surface area contributed by atoms with E-state index in [2.05, 4.69) is 10.0 Å². The number of carbonyl (C=O) groups excluding carboxylic acids is 1. The third-order valence-corrected chi connectivity index (χ3v) is 4.33. The average Bonchev–Trinajstić information content (AvgIpc) is 2.57. The molecule has 1 unspecified atom stereocenters. The molecule has 0 radical (unpaired) electrons. The van der Waals surface area contributed by atoms with Crippen LogP contribution in [-0.2, 0) is 14.6 Å². The van der Waals surface area contributed by atoms with E-state index in [-0.39, 0.29) is 30.0 Å². The molecule has 1 aliphatic rings. The number of carbonyl (C=O) groups is 1. The normalized spacial score (nSPS) is 22.4. The van der Waals surface area contributed by atoms with E-state index in [9.17, 15) is 13.2 Å². The lowest BCUT2D eigenvalue weighted by Crippen LogP contribution is -2.42. The van der Waals surface area contributed by atoms with Gasteiger partial charge in [0.2, 0.25) is 5.91 Å². The smallest absolute Gasteiger partial charge is 0.228 e. The molecule has 0 spiro atoms. The van der Waals surface area contributed by atoms with E-state index in [0.29, 0.717) is 13.0 Å². The van der Waals surface area contributed by atoms with Gasteiger partial charge in [0.25, 0.3) is 0 Å². The summed E-state index contributed by atoms with van der Waals surface area (Å²) in [5.74, 6) is -0.173. The van der Waals surface area contributed by atoms with Crippen molar-refractivity contribution in [3.8, 4) is 0 Å². The molecule has 16 heavy (non-hydrogen) atoms. The summed E-state index contributed by atoms with van der Waals surface area (Å²) in [5, 5.41) is 3.19. The Morgan fingerprint density at radius 2 is 2.31 bits per heavy atom. The molecule has 0 aromatic heterocycles. The van der Waals surface area contributed by atoms with E-state index >= 15 is 0 Å². The molecule has 0 aromatic carbocycles. The lowest BCUT2D eigenvalue weighted by atomic mass is 10.2. The second kappa shape index (κ2) is 5.18. The monoisotopic (exact) mass is 246 g/mol. The molecule has 1 amide bonds. The summed E-state index contributed by atoms with van der Waals surface area (Å²) in [5.41, 5.74) is 8.11. The number of azide groups is 1. The fraction of sp³-hybridized carbons (Fsp3) is 0.875. The van der Waals surface area contributed by atoms with Crippen molar-refractivity contribution in [2.45, 2.75) is 19.4 Å². The van der Waals surface area contributed by atoms with Crippen LogP contribution in [0.3, 0.4) is 0 Å². The molecule has 1 rings (SSSR count). The topological polar surface area (TPSA) is 103 Å². The van der Waals surface area contributed by atoms with Crippen molar-refractivity contribution in [3.63, 3.8) is 0 Å². The highest BCUT2D eigenvalue weighted by Gasteiger charge is 2.33. The van der Waals surface area contributed by atoms with E-state index in [1.165, 1.54) is 4.90 Å². The van der Waals surface area contributed by atoms with Gasteiger partial charge in [0, 0.05) is 17.5 Å². The number of sulfone groups is 1. The number of hydrogen-bond acceptors (Lipinski definition) is 4. The second-order valence-corrected chi connectivity index (χ2v) is 5.85. The van der Waals surface area contributed by atoms with Crippen LogP contribution in [0.15, 0.2) is 5.11 Å². The Morgan fingerprint density at radius 3 is 2.75 bits per heavy atom. The van der Waals surface area contributed by atoms with E-state index in [1.807, 2.05) is 0 Å². The molecule has 1 heterocycles. The number of likely N-dealkylation sites (N-methyl/N-ethyl adjacent to an activating group) is 1. The standard InChI is InChI=1S/C8H14N4O3S/c1-2-12(8(13)5-10-11-9)7-3-4-16(14,15)6-7/h7H,2-6H2,1H3. The predicted octanol–water partition coefficient (Wildman–Crippen LogP) is 0.332. The first-order valence-corrected chi connectivity index (χ1v) is 6.83. The van der Waals surface area contributed by atoms with Crippen LogP contribution in [-0.4, -0.2) is 49.9 Å². The summed E-state index contributed by atoms with van der Waals surface area (Å²) in [6, 6.07) is -0.267. The molecular formula is C8H14N4O3S. The fourth-order valence-electron chi connectivity index (χ4n) is 1.84. The second-order valence-electron chi connectivity index (χ2n) is 3.63. The molecule has 90 valence electrons. The fourth-order valence-corrected chi connectivity index (χ4v) is 3.57. The van der Waals surface area contributed by atoms with Crippen LogP contribution in [0.5, 0.6) is 0 Å². The zero-order valence-electron chi connectivity index (χ0n) is 9.03. The van der Waals surface area contributed by atoms with Crippen molar-refractivity contribution < 1.29 is 13.2 Å². The molecule has 0 aliphatic carbocycles. The maximum absolute atomic E-state index is 11.6. The van der Waals surface area contributed by atoms with E-state index in [1.54, 1.807) is 6.92 Å². The van der Waals surface area contributed by atoms with Crippen molar-refractivity contribution >= 4 is 15.7 Å². The van der Waals surface area contributed by atoms with Gasteiger partial charge in [0.1, 0.15) is 6.54 Å². The Morgan fingerprint density at radius 1 is 1.62 bits per heavy atom. The van der Waals surface area contributed by atoms with Gasteiger partial charge >= 0.3 is 0 Å². The highest BCUT2D eigenvalue weighted by molar-refractivity contribution is 7.91. The highest BCUT2D eigenvalue weighted by Crippen LogP contribution is 2.17. The quantitative estimate of drug-likeness (QED) is 0.405. The maximum atomic E-state index is 11.6. The summed E-state index contributed by atoms with van der Waals surface area (Å²) in [6.07, 6.45) is 0.470.